The van der Waals surface area contributed by atoms with Crippen LogP contribution in [0.2, 0.25) is 0 Å². The van der Waals surface area contributed by atoms with Crippen LogP contribution in [0.3, 0.4) is 0 Å². The molecular weight excluding hydrogens is 564 g/mol. The molecule has 3 amide bonds. The Labute approximate surface area is 254 Å². The molecule has 228 valence electrons. The van der Waals surface area contributed by atoms with E-state index in [-0.39, 0.29) is 44.1 Å². The fourth-order valence-corrected chi connectivity index (χ4v) is 7.35. The third-order valence-corrected chi connectivity index (χ3v) is 9.17. The molecule has 2 saturated heterocycles. The highest BCUT2D eigenvalue weighted by molar-refractivity contribution is 6.04. The van der Waals surface area contributed by atoms with E-state index in [0.29, 0.717) is 30.1 Å². The lowest BCUT2D eigenvalue weighted by atomic mass is 9.74. The van der Waals surface area contributed by atoms with Gasteiger partial charge in [0, 0.05) is 25.3 Å². The minimum atomic E-state index is -1.41. The highest BCUT2D eigenvalue weighted by Crippen LogP contribution is 2.57. The maximum absolute atomic E-state index is 14.5. The van der Waals surface area contributed by atoms with Crippen LogP contribution in [0.4, 0.5) is 5.69 Å². The fourth-order valence-electron chi connectivity index (χ4n) is 7.35. The SMILES string of the molecule is CCOc1ccc(N2CC=C[C@@]3(C)O[C@]45C=CCN(Cn6nnc7ccccc76)C(=O)C4N(CCO)C(=O)[C@@H]5[C@H]3C2=O)cc1. The monoisotopic (exact) mass is 598 g/mol. The summed E-state index contributed by atoms with van der Waals surface area (Å²) in [7, 11) is 0. The van der Waals surface area contributed by atoms with Crippen LogP contribution in [0.1, 0.15) is 13.8 Å². The third kappa shape index (κ3) is 4.15. The molecule has 4 aliphatic rings. The fraction of sp³-hybridized carbons (Fsp3) is 0.406. The molecule has 1 N–H and O–H groups in total. The zero-order chi connectivity index (χ0) is 30.6. The first-order valence-corrected chi connectivity index (χ1v) is 14.9. The molecule has 5 atom stereocenters. The van der Waals surface area contributed by atoms with Gasteiger partial charge < -0.3 is 29.3 Å². The van der Waals surface area contributed by atoms with Crippen molar-refractivity contribution in [2.24, 2.45) is 11.8 Å². The van der Waals surface area contributed by atoms with Crippen LogP contribution in [0.25, 0.3) is 11.0 Å². The Morgan fingerprint density at radius 2 is 1.75 bits per heavy atom. The maximum Gasteiger partial charge on any atom is 0.250 e. The average molecular weight is 599 g/mol. The Morgan fingerprint density at radius 3 is 2.52 bits per heavy atom. The number of amides is 3. The minimum Gasteiger partial charge on any atom is -0.494 e. The topological polar surface area (TPSA) is 130 Å². The number of aromatic nitrogens is 3. The van der Waals surface area contributed by atoms with Gasteiger partial charge in [-0.1, -0.05) is 41.7 Å². The van der Waals surface area contributed by atoms with Gasteiger partial charge in [0.2, 0.25) is 11.8 Å². The van der Waals surface area contributed by atoms with Crippen LogP contribution in [-0.2, 0) is 25.8 Å². The second-order valence-corrected chi connectivity index (χ2v) is 11.7. The molecule has 2 fully saturated rings. The Hall–Kier alpha value is -4.55. The van der Waals surface area contributed by atoms with E-state index < -0.39 is 29.1 Å². The molecule has 1 spiro atoms. The summed E-state index contributed by atoms with van der Waals surface area (Å²) in [6.07, 6.45) is 7.34. The normalized spacial score (nSPS) is 29.6. The van der Waals surface area contributed by atoms with Crippen molar-refractivity contribution in [3.05, 3.63) is 72.8 Å². The van der Waals surface area contributed by atoms with E-state index in [9.17, 15) is 19.5 Å². The molecule has 4 aliphatic heterocycles. The van der Waals surface area contributed by atoms with E-state index in [4.69, 9.17) is 9.47 Å². The number of β-amino-alcohol motifs (C(OH)–C–C–N with tert-alkyl or cyclic N) is 1. The highest BCUT2D eigenvalue weighted by atomic mass is 16.5. The third-order valence-electron chi connectivity index (χ3n) is 9.17. The summed E-state index contributed by atoms with van der Waals surface area (Å²) in [5.41, 5.74) is -0.421. The van der Waals surface area contributed by atoms with Crippen molar-refractivity contribution < 1.29 is 29.0 Å². The van der Waals surface area contributed by atoms with Crippen LogP contribution in [-0.4, -0.2) is 97.7 Å². The van der Waals surface area contributed by atoms with Gasteiger partial charge >= 0.3 is 0 Å². The van der Waals surface area contributed by atoms with Crippen molar-refractivity contribution in [2.75, 3.05) is 37.7 Å². The standard InChI is InChI=1S/C32H34N6O6/c1-3-43-22-12-10-21(11-13-22)36-17-6-14-31(2)25(28(36)40)26-29(41)37(18-19-39)27-30(42)35(16-7-15-32(26,27)44-31)20-38-24-9-5-4-8-23(24)33-34-38/h4-15,25-27,39H,3,16-20H2,1-2H3/t25-,26-,27?,31+,32-/m0/s1. The number of aliphatic hydroxyl groups excluding tert-OH is 1. The number of anilines is 1. The molecule has 1 aromatic heterocycles. The second kappa shape index (κ2) is 10.6. The lowest BCUT2D eigenvalue weighted by Crippen LogP contribution is -2.56. The van der Waals surface area contributed by atoms with Crippen LogP contribution in [0.15, 0.2) is 72.8 Å². The largest absolute Gasteiger partial charge is 0.494 e. The summed E-state index contributed by atoms with van der Waals surface area (Å²) in [6, 6.07) is 13.7. The molecule has 5 heterocycles. The number of fused-ring (bicyclic) bond motifs is 3. The molecule has 44 heavy (non-hydrogen) atoms. The number of carbonyl (C=O) groups excluding carboxylic acids is 3. The summed E-state index contributed by atoms with van der Waals surface area (Å²) in [4.78, 5) is 47.8. The van der Waals surface area contributed by atoms with E-state index in [1.165, 1.54) is 4.90 Å². The van der Waals surface area contributed by atoms with Gasteiger partial charge in [0.1, 0.15) is 29.6 Å². The Morgan fingerprint density at radius 1 is 0.977 bits per heavy atom. The van der Waals surface area contributed by atoms with E-state index in [0.717, 1.165) is 5.52 Å². The van der Waals surface area contributed by atoms with Gasteiger partial charge in [0.15, 0.2) is 0 Å². The van der Waals surface area contributed by atoms with Crippen molar-refractivity contribution >= 4 is 34.4 Å². The molecule has 3 aromatic rings. The first kappa shape index (κ1) is 28.2. The predicted molar refractivity (Wildman–Crippen MR) is 159 cm³/mol. The summed E-state index contributed by atoms with van der Waals surface area (Å²) in [5, 5.41) is 18.4. The summed E-state index contributed by atoms with van der Waals surface area (Å²) in [6.45, 7) is 4.48. The predicted octanol–water partition coefficient (Wildman–Crippen LogP) is 1.75. The maximum atomic E-state index is 14.5. The van der Waals surface area contributed by atoms with Crippen molar-refractivity contribution in [2.45, 2.75) is 37.8 Å². The molecule has 0 saturated carbocycles. The summed E-state index contributed by atoms with van der Waals surface area (Å²) < 4.78 is 14.1. The number of hydrogen-bond donors (Lipinski definition) is 1. The molecule has 1 unspecified atom stereocenters. The number of benzene rings is 2. The number of ether oxygens (including phenoxy) is 2. The quantitative estimate of drug-likeness (QED) is 0.408. The zero-order valence-electron chi connectivity index (χ0n) is 24.6. The smallest absolute Gasteiger partial charge is 0.250 e. The van der Waals surface area contributed by atoms with Gasteiger partial charge in [-0.25, -0.2) is 4.68 Å². The Bertz CT molecular complexity index is 1690. The number of likely N-dealkylation sites (tertiary alicyclic amines) is 1. The van der Waals surface area contributed by atoms with E-state index in [2.05, 4.69) is 10.3 Å². The molecule has 7 rings (SSSR count). The van der Waals surface area contributed by atoms with E-state index in [1.54, 1.807) is 20.6 Å². The van der Waals surface area contributed by atoms with Crippen molar-refractivity contribution in [1.29, 1.82) is 0 Å². The van der Waals surface area contributed by atoms with Crippen molar-refractivity contribution in [1.82, 2.24) is 24.8 Å². The lowest BCUT2D eigenvalue weighted by Gasteiger charge is -2.37. The van der Waals surface area contributed by atoms with Crippen LogP contribution in [0.5, 0.6) is 5.75 Å². The average Bonchev–Trinajstić information content (AvgIpc) is 3.54. The Kier molecular flexibility index (Phi) is 6.78. The van der Waals surface area contributed by atoms with Gasteiger partial charge in [-0.3, -0.25) is 14.4 Å². The number of carbonyl (C=O) groups is 3. The summed E-state index contributed by atoms with van der Waals surface area (Å²) >= 11 is 0. The lowest BCUT2D eigenvalue weighted by molar-refractivity contribution is -0.152. The van der Waals surface area contributed by atoms with Crippen molar-refractivity contribution in [3.63, 3.8) is 0 Å². The number of nitrogens with zero attached hydrogens (tertiary/aromatic N) is 6. The van der Waals surface area contributed by atoms with E-state index >= 15 is 0 Å². The number of hydrogen-bond acceptors (Lipinski definition) is 8. The van der Waals surface area contributed by atoms with Gasteiger partial charge in [-0.2, -0.15) is 0 Å². The second-order valence-electron chi connectivity index (χ2n) is 11.7. The van der Waals surface area contributed by atoms with Crippen LogP contribution in [0, 0.1) is 11.8 Å². The number of aliphatic hydroxyl groups is 1. The van der Waals surface area contributed by atoms with Gasteiger partial charge in [-0.05, 0) is 50.2 Å². The molecule has 12 heteroatoms. The van der Waals surface area contributed by atoms with Crippen molar-refractivity contribution in [3.8, 4) is 5.75 Å². The van der Waals surface area contributed by atoms with Crippen LogP contribution < -0.4 is 9.64 Å². The molecule has 0 bridgehead atoms. The highest BCUT2D eigenvalue weighted by Gasteiger charge is 2.74. The van der Waals surface area contributed by atoms with Crippen LogP contribution >= 0.6 is 0 Å². The molecule has 0 radical (unpaired) electrons. The first-order valence-electron chi connectivity index (χ1n) is 14.9. The number of para-hydroxylation sites is 1. The molecule has 12 nitrogen and oxygen atoms in total. The minimum absolute atomic E-state index is 0.0686. The van der Waals surface area contributed by atoms with Gasteiger partial charge in [0.25, 0.3) is 5.91 Å². The molecular formula is C32H34N6O6. The first-order chi connectivity index (χ1) is 21.3. The summed E-state index contributed by atoms with van der Waals surface area (Å²) in [5.74, 6) is -2.19. The number of rotatable bonds is 7. The van der Waals surface area contributed by atoms with Gasteiger partial charge in [-0.15, -0.1) is 5.10 Å². The zero-order valence-corrected chi connectivity index (χ0v) is 24.6. The Balaban J connectivity index is 1.26. The molecule has 2 aromatic carbocycles. The molecule has 0 aliphatic carbocycles. The van der Waals surface area contributed by atoms with Gasteiger partial charge in [0.05, 0.1) is 36.2 Å². The van der Waals surface area contributed by atoms with E-state index in [1.807, 2.05) is 80.6 Å².